The molecule has 0 aliphatic rings. The van der Waals surface area contributed by atoms with Crippen LogP contribution in [0, 0.1) is 13.8 Å². The van der Waals surface area contributed by atoms with E-state index in [1.165, 1.54) is 13.2 Å². The van der Waals surface area contributed by atoms with Crippen LogP contribution in [0.15, 0.2) is 36.4 Å². The number of hydrogen-bond donors (Lipinski definition) is 0. The number of hydrogen-bond acceptors (Lipinski definition) is 4. The summed E-state index contributed by atoms with van der Waals surface area (Å²) in [6.07, 6.45) is 1.46. The molecule has 2 aromatic carbocycles. The highest BCUT2D eigenvalue weighted by molar-refractivity contribution is 7.81. The van der Waals surface area contributed by atoms with Gasteiger partial charge in [-0.3, -0.25) is 0 Å². The van der Waals surface area contributed by atoms with Crippen LogP contribution in [-0.4, -0.2) is 22.8 Å². The Morgan fingerprint density at radius 1 is 0.967 bits per heavy atom. The van der Waals surface area contributed by atoms with Crippen molar-refractivity contribution in [2.24, 2.45) is 0 Å². The first-order chi connectivity index (χ1) is 14.0. The third-order valence-corrected chi connectivity index (χ3v) is 6.18. The summed E-state index contributed by atoms with van der Waals surface area (Å²) in [5.74, 6) is -0.486. The van der Waals surface area contributed by atoms with Crippen LogP contribution in [0.4, 0.5) is 13.2 Å². The van der Waals surface area contributed by atoms with Crippen LogP contribution in [-0.2, 0) is 21.2 Å². The molecule has 30 heavy (non-hydrogen) atoms. The van der Waals surface area contributed by atoms with Crippen molar-refractivity contribution in [3.05, 3.63) is 64.2 Å². The van der Waals surface area contributed by atoms with Crippen molar-refractivity contribution < 1.29 is 31.1 Å². The van der Waals surface area contributed by atoms with E-state index < -0.39 is 28.0 Å². The van der Waals surface area contributed by atoms with Crippen LogP contribution in [0.1, 0.15) is 59.3 Å². The van der Waals surface area contributed by atoms with Crippen molar-refractivity contribution in [1.29, 1.82) is 0 Å². The van der Waals surface area contributed by atoms with E-state index in [4.69, 9.17) is 4.74 Å². The second-order valence-electron chi connectivity index (χ2n) is 7.05. The average Bonchev–Trinajstić information content (AvgIpc) is 2.70. The second-order valence-corrected chi connectivity index (χ2v) is 8.15. The lowest BCUT2D eigenvalue weighted by atomic mass is 9.70. The molecule has 0 fully saturated rings. The first kappa shape index (κ1) is 23.9. The SMILES string of the molecule is CCC(CC)(c1ccc(OS(=O)C(F)(F)F)c(C)c1)c1ccc(C(=O)OC)c(C)c1. The van der Waals surface area contributed by atoms with Gasteiger partial charge in [-0.05, 0) is 61.1 Å². The molecule has 164 valence electrons. The molecule has 0 amide bonds. The maximum atomic E-state index is 12.6. The third-order valence-electron chi connectivity index (χ3n) is 5.47. The number of rotatable bonds is 7. The predicted octanol–water partition coefficient (Wildman–Crippen LogP) is 5.76. The Morgan fingerprint density at radius 3 is 1.93 bits per heavy atom. The quantitative estimate of drug-likeness (QED) is 0.512. The molecule has 1 atom stereocenters. The van der Waals surface area contributed by atoms with Crippen LogP contribution < -0.4 is 4.18 Å². The molecule has 0 bridgehead atoms. The minimum absolute atomic E-state index is 0.0762. The molecule has 0 heterocycles. The molecule has 1 unspecified atom stereocenters. The summed E-state index contributed by atoms with van der Waals surface area (Å²) in [7, 11) is 1.33. The summed E-state index contributed by atoms with van der Waals surface area (Å²) in [5.41, 5.74) is -1.74. The molecule has 0 radical (unpaired) electrons. The van der Waals surface area contributed by atoms with Crippen LogP contribution in [0.5, 0.6) is 5.75 Å². The Bertz CT molecular complexity index is 950. The van der Waals surface area contributed by atoms with Crippen molar-refractivity contribution >= 4 is 17.0 Å². The van der Waals surface area contributed by atoms with Gasteiger partial charge in [0.05, 0.1) is 12.7 Å². The molecular weight excluding hydrogens is 417 g/mol. The Kier molecular flexibility index (Phi) is 7.34. The average molecular weight is 442 g/mol. The molecule has 2 rings (SSSR count). The minimum atomic E-state index is -4.94. The Morgan fingerprint density at radius 2 is 1.50 bits per heavy atom. The topological polar surface area (TPSA) is 52.6 Å². The molecular formula is C22H25F3O4S. The standard InChI is InChI=1S/C22H25F3O4S/c1-6-21(7-2,16-8-10-18(14(3)12-16)20(26)28-5)17-9-11-19(15(4)13-17)29-30(27)22(23,24)25/h8-13H,6-7H2,1-5H3. The fourth-order valence-electron chi connectivity index (χ4n) is 3.70. The van der Waals surface area contributed by atoms with Crippen LogP contribution >= 0.6 is 0 Å². The molecule has 0 spiro atoms. The minimum Gasteiger partial charge on any atom is -0.465 e. The van der Waals surface area contributed by atoms with Gasteiger partial charge in [-0.1, -0.05) is 38.1 Å². The lowest BCUT2D eigenvalue weighted by Crippen LogP contribution is -2.27. The van der Waals surface area contributed by atoms with Crippen molar-refractivity contribution in [2.45, 2.75) is 51.5 Å². The first-order valence-electron chi connectivity index (χ1n) is 9.47. The number of ether oxygens (including phenoxy) is 1. The second kappa shape index (κ2) is 9.20. The monoisotopic (exact) mass is 442 g/mol. The smallest absolute Gasteiger partial charge is 0.465 e. The van der Waals surface area contributed by atoms with Gasteiger partial charge in [0.1, 0.15) is 5.75 Å². The van der Waals surface area contributed by atoms with E-state index in [1.54, 1.807) is 25.1 Å². The number of carbonyl (C=O) groups is 1. The molecule has 2 aromatic rings. The lowest BCUT2D eigenvalue weighted by molar-refractivity contribution is -0.0437. The largest absolute Gasteiger partial charge is 0.508 e. The number of esters is 1. The lowest BCUT2D eigenvalue weighted by Gasteiger charge is -2.34. The summed E-state index contributed by atoms with van der Waals surface area (Å²) in [6, 6.07) is 10.4. The van der Waals surface area contributed by atoms with Crippen molar-refractivity contribution in [1.82, 2.24) is 0 Å². The van der Waals surface area contributed by atoms with E-state index >= 15 is 0 Å². The summed E-state index contributed by atoms with van der Waals surface area (Å²) < 4.78 is 58.4. The van der Waals surface area contributed by atoms with E-state index in [2.05, 4.69) is 4.18 Å². The van der Waals surface area contributed by atoms with Gasteiger partial charge < -0.3 is 8.92 Å². The highest BCUT2D eigenvalue weighted by atomic mass is 32.2. The van der Waals surface area contributed by atoms with E-state index in [-0.39, 0.29) is 5.75 Å². The number of aryl methyl sites for hydroxylation is 2. The van der Waals surface area contributed by atoms with Crippen molar-refractivity contribution in [3.63, 3.8) is 0 Å². The van der Waals surface area contributed by atoms with Gasteiger partial charge in [-0.25, -0.2) is 9.00 Å². The number of benzene rings is 2. The molecule has 0 saturated heterocycles. The Labute approximate surface area is 177 Å². The highest BCUT2D eigenvalue weighted by Gasteiger charge is 2.40. The summed E-state index contributed by atoms with van der Waals surface area (Å²) in [6.45, 7) is 7.52. The van der Waals surface area contributed by atoms with Crippen LogP contribution in [0.25, 0.3) is 0 Å². The summed E-state index contributed by atoms with van der Waals surface area (Å²) >= 11 is -3.42. The Hall–Kier alpha value is -2.35. The fourth-order valence-corrected chi connectivity index (χ4v) is 4.15. The number of halogens is 3. The predicted molar refractivity (Wildman–Crippen MR) is 110 cm³/mol. The fraction of sp³-hybridized carbons (Fsp3) is 0.409. The van der Waals surface area contributed by atoms with Gasteiger partial charge in [0.2, 0.25) is 0 Å². The number of methoxy groups -OCH3 is 1. The van der Waals surface area contributed by atoms with Crippen molar-refractivity contribution in [3.8, 4) is 5.75 Å². The van der Waals surface area contributed by atoms with Gasteiger partial charge in [0, 0.05) is 5.41 Å². The summed E-state index contributed by atoms with van der Waals surface area (Å²) in [4.78, 5) is 11.9. The van der Waals surface area contributed by atoms with Crippen LogP contribution in [0.2, 0.25) is 0 Å². The number of alkyl halides is 3. The van der Waals surface area contributed by atoms with E-state index in [1.807, 2.05) is 32.9 Å². The third kappa shape index (κ3) is 4.69. The van der Waals surface area contributed by atoms with Crippen LogP contribution in [0.3, 0.4) is 0 Å². The molecule has 0 N–H and O–H groups in total. The van der Waals surface area contributed by atoms with Gasteiger partial charge in [0.25, 0.3) is 0 Å². The zero-order valence-corrected chi connectivity index (χ0v) is 18.4. The zero-order valence-electron chi connectivity index (χ0n) is 17.6. The number of carbonyl (C=O) groups excluding carboxylic acids is 1. The molecule has 0 aromatic heterocycles. The molecule has 0 aliphatic carbocycles. The van der Waals surface area contributed by atoms with E-state index in [0.29, 0.717) is 11.1 Å². The van der Waals surface area contributed by atoms with E-state index in [9.17, 15) is 22.2 Å². The maximum absolute atomic E-state index is 12.6. The molecule has 8 heteroatoms. The van der Waals surface area contributed by atoms with Gasteiger partial charge in [-0.15, -0.1) is 0 Å². The van der Waals surface area contributed by atoms with Crippen molar-refractivity contribution in [2.75, 3.05) is 7.11 Å². The zero-order chi connectivity index (χ0) is 22.7. The normalized spacial score (nSPS) is 13.1. The molecule has 0 saturated carbocycles. The van der Waals surface area contributed by atoms with E-state index in [0.717, 1.165) is 29.5 Å². The first-order valence-corrected chi connectivity index (χ1v) is 10.5. The van der Waals surface area contributed by atoms with Gasteiger partial charge in [-0.2, -0.15) is 13.2 Å². The van der Waals surface area contributed by atoms with Gasteiger partial charge >= 0.3 is 22.6 Å². The Balaban J connectivity index is 2.49. The highest BCUT2D eigenvalue weighted by Crippen LogP contribution is 2.41. The molecule has 0 aliphatic heterocycles. The summed E-state index contributed by atoms with van der Waals surface area (Å²) in [5, 5.41) is 0. The van der Waals surface area contributed by atoms with Gasteiger partial charge in [0.15, 0.2) is 0 Å². The maximum Gasteiger partial charge on any atom is 0.508 e. The molecule has 4 nitrogen and oxygen atoms in total.